The summed E-state index contributed by atoms with van der Waals surface area (Å²) in [5.41, 5.74) is 6.10. The zero-order valence-electron chi connectivity index (χ0n) is 17.9. The van der Waals surface area contributed by atoms with Crippen molar-refractivity contribution in [3.8, 4) is 11.3 Å². The van der Waals surface area contributed by atoms with Crippen molar-refractivity contribution in [2.24, 2.45) is 5.92 Å². The molecule has 0 unspecified atom stereocenters. The van der Waals surface area contributed by atoms with E-state index in [1.165, 1.54) is 0 Å². The zero-order valence-corrected chi connectivity index (χ0v) is 17.9. The molecule has 0 saturated heterocycles. The second kappa shape index (κ2) is 9.27. The van der Waals surface area contributed by atoms with Crippen molar-refractivity contribution in [1.82, 2.24) is 15.0 Å². The van der Waals surface area contributed by atoms with Crippen LogP contribution in [0.15, 0.2) is 12.1 Å². The van der Waals surface area contributed by atoms with E-state index in [0.717, 1.165) is 59.1 Å². The SMILES string of the molecule is CCc1nc(C(C)C)ccc1-c1nc(N(C)C)c(C[C@H](C)CCO)nc1C. The largest absolute Gasteiger partial charge is 0.396 e. The molecule has 5 nitrogen and oxygen atoms in total. The van der Waals surface area contributed by atoms with Crippen molar-refractivity contribution >= 4 is 5.82 Å². The molecule has 0 fully saturated rings. The van der Waals surface area contributed by atoms with Gasteiger partial charge >= 0.3 is 0 Å². The van der Waals surface area contributed by atoms with Gasteiger partial charge < -0.3 is 10.0 Å². The maximum absolute atomic E-state index is 9.21. The lowest BCUT2D eigenvalue weighted by Crippen LogP contribution is -2.18. The summed E-state index contributed by atoms with van der Waals surface area (Å²) in [7, 11) is 4.01. The molecule has 0 amide bonds. The Balaban J connectivity index is 2.54. The lowest BCUT2D eigenvalue weighted by atomic mass is 10.00. The molecular weight excluding hydrogens is 336 g/mol. The highest BCUT2D eigenvalue weighted by Gasteiger charge is 2.19. The molecule has 0 aliphatic heterocycles. The molecular formula is C22H34N4O. The van der Waals surface area contributed by atoms with Crippen LogP contribution in [0.1, 0.15) is 62.8 Å². The van der Waals surface area contributed by atoms with E-state index in [-0.39, 0.29) is 6.61 Å². The molecule has 0 aliphatic carbocycles. The number of hydrogen-bond acceptors (Lipinski definition) is 5. The Kier molecular flexibility index (Phi) is 7.31. The fourth-order valence-electron chi connectivity index (χ4n) is 3.28. The molecule has 2 aromatic heterocycles. The molecule has 0 bridgehead atoms. The van der Waals surface area contributed by atoms with Crippen LogP contribution >= 0.6 is 0 Å². The Bertz CT molecular complexity index is 771. The van der Waals surface area contributed by atoms with Gasteiger partial charge in [-0.2, -0.15) is 0 Å². The molecule has 2 rings (SSSR count). The average molecular weight is 371 g/mol. The second-order valence-corrected chi connectivity index (χ2v) is 7.88. The smallest absolute Gasteiger partial charge is 0.150 e. The van der Waals surface area contributed by atoms with Crippen molar-refractivity contribution in [1.29, 1.82) is 0 Å². The minimum absolute atomic E-state index is 0.205. The molecule has 0 aliphatic rings. The van der Waals surface area contributed by atoms with Crippen LogP contribution < -0.4 is 4.90 Å². The lowest BCUT2D eigenvalue weighted by molar-refractivity contribution is 0.262. The average Bonchev–Trinajstić information content (AvgIpc) is 2.61. The quantitative estimate of drug-likeness (QED) is 0.756. The van der Waals surface area contributed by atoms with Gasteiger partial charge in [-0.25, -0.2) is 4.98 Å². The summed E-state index contributed by atoms with van der Waals surface area (Å²) in [6.45, 7) is 10.8. The fraction of sp³-hybridized carbons (Fsp3) is 0.591. The van der Waals surface area contributed by atoms with Crippen LogP contribution in [0, 0.1) is 12.8 Å². The van der Waals surface area contributed by atoms with Crippen molar-refractivity contribution in [3.63, 3.8) is 0 Å². The summed E-state index contributed by atoms with van der Waals surface area (Å²) in [5, 5.41) is 9.21. The number of hydrogen-bond donors (Lipinski definition) is 1. The first-order valence-corrected chi connectivity index (χ1v) is 9.94. The Labute approximate surface area is 163 Å². The van der Waals surface area contributed by atoms with Gasteiger partial charge in [-0.1, -0.05) is 27.7 Å². The molecule has 1 N–H and O–H groups in total. The maximum atomic E-state index is 9.21. The second-order valence-electron chi connectivity index (χ2n) is 7.88. The molecule has 5 heteroatoms. The third-order valence-electron chi connectivity index (χ3n) is 4.89. The highest BCUT2D eigenvalue weighted by Crippen LogP contribution is 2.29. The minimum Gasteiger partial charge on any atom is -0.396 e. The summed E-state index contributed by atoms with van der Waals surface area (Å²) in [6.07, 6.45) is 2.45. The highest BCUT2D eigenvalue weighted by molar-refractivity contribution is 5.67. The highest BCUT2D eigenvalue weighted by atomic mass is 16.3. The van der Waals surface area contributed by atoms with Gasteiger partial charge in [0.25, 0.3) is 0 Å². The van der Waals surface area contributed by atoms with E-state index in [1.54, 1.807) is 0 Å². The molecule has 0 spiro atoms. The van der Waals surface area contributed by atoms with Crippen LogP contribution in [0.5, 0.6) is 0 Å². The molecule has 2 aromatic rings. The summed E-state index contributed by atoms with van der Waals surface area (Å²) >= 11 is 0. The molecule has 2 heterocycles. The van der Waals surface area contributed by atoms with Crippen LogP contribution in [0.4, 0.5) is 5.82 Å². The van der Waals surface area contributed by atoms with Crippen molar-refractivity contribution in [2.75, 3.05) is 25.6 Å². The summed E-state index contributed by atoms with van der Waals surface area (Å²) < 4.78 is 0. The predicted molar refractivity (Wildman–Crippen MR) is 112 cm³/mol. The van der Waals surface area contributed by atoms with Crippen LogP contribution in [0.25, 0.3) is 11.3 Å². The third kappa shape index (κ3) is 5.04. The summed E-state index contributed by atoms with van der Waals surface area (Å²) in [5.74, 6) is 1.67. The molecule has 0 aromatic carbocycles. The number of nitrogens with zero attached hydrogens (tertiary/aromatic N) is 4. The topological polar surface area (TPSA) is 62.1 Å². The van der Waals surface area contributed by atoms with Crippen molar-refractivity contribution in [2.45, 2.75) is 59.8 Å². The van der Waals surface area contributed by atoms with E-state index in [9.17, 15) is 5.11 Å². The van der Waals surface area contributed by atoms with Gasteiger partial charge in [0.05, 0.1) is 17.1 Å². The number of aromatic nitrogens is 3. The van der Waals surface area contributed by atoms with Gasteiger partial charge in [-0.05, 0) is 50.2 Å². The number of aliphatic hydroxyl groups excluding tert-OH is 1. The first-order valence-electron chi connectivity index (χ1n) is 9.94. The standard InChI is InChI=1S/C22H34N4O/c1-8-18-17(9-10-19(24-18)14(2)3)21-16(5)23-20(13-15(4)11-12-27)22(25-21)26(6)7/h9-10,14-15,27H,8,11-13H2,1-7H3/t15-/m1/s1. The Morgan fingerprint density at radius 2 is 1.74 bits per heavy atom. The zero-order chi connectivity index (χ0) is 20.1. The van der Waals surface area contributed by atoms with E-state index in [4.69, 9.17) is 15.0 Å². The molecule has 1 atom stereocenters. The van der Waals surface area contributed by atoms with Gasteiger partial charge in [0.15, 0.2) is 5.82 Å². The summed E-state index contributed by atoms with van der Waals surface area (Å²) in [6, 6.07) is 4.25. The van der Waals surface area contributed by atoms with Crippen LogP contribution in [-0.2, 0) is 12.8 Å². The van der Waals surface area contributed by atoms with E-state index in [0.29, 0.717) is 11.8 Å². The number of pyridine rings is 1. The lowest BCUT2D eigenvalue weighted by Gasteiger charge is -2.21. The van der Waals surface area contributed by atoms with Crippen molar-refractivity contribution in [3.05, 3.63) is 34.9 Å². The van der Waals surface area contributed by atoms with Crippen molar-refractivity contribution < 1.29 is 5.11 Å². The van der Waals surface area contributed by atoms with Gasteiger partial charge in [0.2, 0.25) is 0 Å². The van der Waals surface area contributed by atoms with E-state index in [2.05, 4.69) is 39.8 Å². The Morgan fingerprint density at radius 1 is 1.04 bits per heavy atom. The number of aliphatic hydroxyl groups is 1. The number of rotatable bonds is 8. The Hall–Kier alpha value is -2.01. The first kappa shape index (κ1) is 21.3. The van der Waals surface area contributed by atoms with Crippen LogP contribution in [0.3, 0.4) is 0 Å². The van der Waals surface area contributed by atoms with Gasteiger partial charge in [0.1, 0.15) is 0 Å². The monoisotopic (exact) mass is 370 g/mol. The van der Waals surface area contributed by atoms with Gasteiger partial charge in [-0.3, -0.25) is 9.97 Å². The molecule has 0 radical (unpaired) electrons. The number of anilines is 1. The van der Waals surface area contributed by atoms with Crippen LogP contribution in [0.2, 0.25) is 0 Å². The number of aryl methyl sites for hydroxylation is 2. The van der Waals surface area contributed by atoms with Crippen LogP contribution in [-0.4, -0.2) is 40.8 Å². The normalized spacial score (nSPS) is 12.5. The summed E-state index contributed by atoms with van der Waals surface area (Å²) in [4.78, 5) is 16.8. The molecule has 148 valence electrons. The predicted octanol–water partition coefficient (Wildman–Crippen LogP) is 4.16. The van der Waals surface area contributed by atoms with Gasteiger partial charge in [0, 0.05) is 37.7 Å². The van der Waals surface area contributed by atoms with E-state index >= 15 is 0 Å². The minimum atomic E-state index is 0.205. The first-order chi connectivity index (χ1) is 12.8. The maximum Gasteiger partial charge on any atom is 0.150 e. The molecule has 27 heavy (non-hydrogen) atoms. The van der Waals surface area contributed by atoms with Gasteiger partial charge in [-0.15, -0.1) is 0 Å². The third-order valence-corrected chi connectivity index (χ3v) is 4.89. The van der Waals surface area contributed by atoms with E-state index in [1.807, 2.05) is 25.9 Å². The molecule has 0 saturated carbocycles. The Morgan fingerprint density at radius 3 is 2.30 bits per heavy atom. The fourth-order valence-corrected chi connectivity index (χ4v) is 3.28. The van der Waals surface area contributed by atoms with E-state index < -0.39 is 0 Å².